The molecule has 0 aliphatic rings. The minimum absolute atomic E-state index is 0.106. The van der Waals surface area contributed by atoms with Gasteiger partial charge in [-0.1, -0.05) is 383 Å². The van der Waals surface area contributed by atoms with Gasteiger partial charge in [0.15, 0.2) is 12.2 Å². The molecule has 0 aromatic rings. The first-order valence-electron chi connectivity index (χ1n) is 43.2. The number of unbranched alkanes of at least 4 members (excludes halogenated alkanes) is 46. The lowest BCUT2D eigenvalue weighted by Gasteiger charge is -2.21. The van der Waals surface area contributed by atoms with Crippen LogP contribution >= 0.6 is 15.6 Å². The number of phosphoric ester groups is 2. The molecule has 103 heavy (non-hydrogen) atoms. The van der Waals surface area contributed by atoms with E-state index in [4.69, 9.17) is 37.0 Å². The summed E-state index contributed by atoms with van der Waals surface area (Å²) >= 11 is 0. The van der Waals surface area contributed by atoms with Crippen LogP contribution in [0.5, 0.6) is 0 Å². The fourth-order valence-corrected chi connectivity index (χ4v) is 14.5. The van der Waals surface area contributed by atoms with Crippen molar-refractivity contribution >= 4 is 39.5 Å². The van der Waals surface area contributed by atoms with Crippen molar-refractivity contribution in [3.8, 4) is 0 Å². The number of aliphatic hydroxyl groups is 1. The van der Waals surface area contributed by atoms with Gasteiger partial charge in [0.05, 0.1) is 26.4 Å². The van der Waals surface area contributed by atoms with Crippen molar-refractivity contribution in [2.45, 2.75) is 453 Å². The Labute approximate surface area is 632 Å². The fraction of sp³-hybridized carbons (Fsp3) is 0.952. The highest BCUT2D eigenvalue weighted by Gasteiger charge is 2.30. The number of esters is 4. The van der Waals surface area contributed by atoms with Gasteiger partial charge in [0.2, 0.25) is 0 Å². The van der Waals surface area contributed by atoms with E-state index in [2.05, 4.69) is 55.4 Å². The molecule has 6 atom stereocenters. The van der Waals surface area contributed by atoms with E-state index in [1.165, 1.54) is 231 Å². The summed E-state index contributed by atoms with van der Waals surface area (Å²) in [6.07, 6.45) is 61.2. The smallest absolute Gasteiger partial charge is 0.462 e. The molecule has 0 heterocycles. The van der Waals surface area contributed by atoms with Crippen LogP contribution in [0.2, 0.25) is 0 Å². The Morgan fingerprint density at radius 1 is 0.272 bits per heavy atom. The molecule has 3 N–H and O–H groups in total. The molecule has 0 fully saturated rings. The zero-order valence-corrected chi connectivity index (χ0v) is 69.7. The largest absolute Gasteiger partial charge is 0.472 e. The Bertz CT molecular complexity index is 2010. The molecule has 0 saturated carbocycles. The number of rotatable bonds is 81. The molecule has 612 valence electrons. The second-order valence-electron chi connectivity index (χ2n) is 31.9. The lowest BCUT2D eigenvalue weighted by atomic mass is 9.99. The summed E-state index contributed by atoms with van der Waals surface area (Å²) in [7, 11) is -9.93. The number of carbonyl (C=O) groups is 4. The molecule has 0 aromatic carbocycles. The van der Waals surface area contributed by atoms with Crippen molar-refractivity contribution in [2.24, 2.45) is 23.7 Å². The van der Waals surface area contributed by atoms with E-state index in [0.29, 0.717) is 31.6 Å². The summed E-state index contributed by atoms with van der Waals surface area (Å²) in [6.45, 7) is 14.3. The van der Waals surface area contributed by atoms with Gasteiger partial charge >= 0.3 is 39.5 Å². The van der Waals surface area contributed by atoms with Gasteiger partial charge in [-0.05, 0) is 49.4 Å². The Morgan fingerprint density at radius 2 is 0.466 bits per heavy atom. The first-order chi connectivity index (χ1) is 49.6. The maximum absolute atomic E-state index is 13.1. The number of carbonyl (C=O) groups excluding carboxylic acids is 4. The van der Waals surface area contributed by atoms with Crippen molar-refractivity contribution in [3.05, 3.63) is 0 Å². The molecule has 0 radical (unpaired) electrons. The molecular weight excluding hydrogens is 1340 g/mol. The fourth-order valence-electron chi connectivity index (χ4n) is 12.9. The zero-order valence-electron chi connectivity index (χ0n) is 68.0. The van der Waals surface area contributed by atoms with E-state index in [9.17, 15) is 43.2 Å². The van der Waals surface area contributed by atoms with Crippen LogP contribution in [-0.4, -0.2) is 96.7 Å². The van der Waals surface area contributed by atoms with E-state index < -0.39 is 97.5 Å². The summed E-state index contributed by atoms with van der Waals surface area (Å²) in [5, 5.41) is 10.7. The van der Waals surface area contributed by atoms with Crippen LogP contribution in [0.4, 0.5) is 0 Å². The molecular formula is C84H164O17P2. The predicted octanol–water partition coefficient (Wildman–Crippen LogP) is 25.2. The molecule has 0 rings (SSSR count). The summed E-state index contributed by atoms with van der Waals surface area (Å²) < 4.78 is 68.8. The topological polar surface area (TPSA) is 237 Å². The van der Waals surface area contributed by atoms with Crippen LogP contribution in [0, 0.1) is 23.7 Å². The van der Waals surface area contributed by atoms with Crippen molar-refractivity contribution in [1.29, 1.82) is 0 Å². The third-order valence-electron chi connectivity index (χ3n) is 19.9. The molecule has 19 heteroatoms. The van der Waals surface area contributed by atoms with Gasteiger partial charge in [-0.3, -0.25) is 37.3 Å². The first-order valence-corrected chi connectivity index (χ1v) is 46.2. The number of hydrogen-bond donors (Lipinski definition) is 3. The lowest BCUT2D eigenvalue weighted by molar-refractivity contribution is -0.161. The lowest BCUT2D eigenvalue weighted by Crippen LogP contribution is -2.30. The van der Waals surface area contributed by atoms with Crippen molar-refractivity contribution in [3.63, 3.8) is 0 Å². The van der Waals surface area contributed by atoms with Crippen LogP contribution in [0.15, 0.2) is 0 Å². The van der Waals surface area contributed by atoms with Gasteiger partial charge in [0.1, 0.15) is 19.3 Å². The molecule has 0 saturated heterocycles. The van der Waals surface area contributed by atoms with E-state index in [1.54, 1.807) is 0 Å². The zero-order chi connectivity index (χ0) is 76.0. The molecule has 17 nitrogen and oxygen atoms in total. The van der Waals surface area contributed by atoms with Crippen LogP contribution in [0.3, 0.4) is 0 Å². The Kier molecular flexibility index (Phi) is 71.5. The average molecular weight is 1510 g/mol. The normalized spacial score (nSPS) is 14.2. The monoisotopic (exact) mass is 1510 g/mol. The SMILES string of the molecule is CCC(C)CCCCCCCCCCCCCCCCC(=O)OC[C@H](COP(=O)(O)OC[C@@H](O)COP(=O)(O)OC[C@@H](COC(=O)CCCCCCCCC(C)C)OC(=O)CCCCCCCCCCCCCCCCC(C)C)OC(=O)CCCCCCCCCCCCCCCCCCC(C)C. The molecule has 0 amide bonds. The number of aliphatic hydroxyl groups excluding tert-OH is 1. The molecule has 0 spiro atoms. The van der Waals surface area contributed by atoms with E-state index in [0.717, 1.165) is 114 Å². The summed E-state index contributed by atoms with van der Waals surface area (Å²) in [6, 6.07) is 0. The molecule has 0 bridgehead atoms. The predicted molar refractivity (Wildman–Crippen MR) is 423 cm³/mol. The van der Waals surface area contributed by atoms with Gasteiger partial charge in [0, 0.05) is 25.7 Å². The van der Waals surface area contributed by atoms with Crippen LogP contribution < -0.4 is 0 Å². The van der Waals surface area contributed by atoms with Crippen molar-refractivity contribution < 1.29 is 80.2 Å². The standard InChI is InChI=1S/C84H164O17P2/c1-9-77(8)63-55-47-38-32-26-20-15-17-21-27-33-39-48-56-64-81(86)94-70-79(100-83(88)66-58-50-40-34-28-22-13-11-10-12-18-24-30-36-44-52-60-74(2)3)72-98-102(90,91)96-68-78(85)69-97-103(92,93)99-73-80(71-95-82(87)65-57-49-43-42-46-54-62-76(6)7)101-84(89)67-59-51-41-35-29-23-16-14-19-25-31-37-45-53-61-75(4)5/h74-80,85H,9-73H2,1-8H3,(H,90,91)(H,92,93)/t77?,78-,79-,80-/m1/s1. The Hall–Kier alpha value is -1.94. The van der Waals surface area contributed by atoms with Gasteiger partial charge in [0.25, 0.3) is 0 Å². The minimum atomic E-state index is -4.97. The molecule has 0 aliphatic carbocycles. The highest BCUT2D eigenvalue weighted by Crippen LogP contribution is 2.45. The van der Waals surface area contributed by atoms with Crippen LogP contribution in [0.1, 0.15) is 434 Å². The average Bonchev–Trinajstić information content (AvgIpc) is 0.915. The van der Waals surface area contributed by atoms with Crippen LogP contribution in [-0.2, 0) is 65.4 Å². The molecule has 0 aromatic heterocycles. The minimum Gasteiger partial charge on any atom is -0.462 e. The summed E-state index contributed by atoms with van der Waals surface area (Å²) in [5.74, 6) is 1.02. The van der Waals surface area contributed by atoms with Crippen molar-refractivity contribution in [1.82, 2.24) is 0 Å². The van der Waals surface area contributed by atoms with E-state index >= 15 is 0 Å². The highest BCUT2D eigenvalue weighted by atomic mass is 31.2. The number of ether oxygens (including phenoxy) is 4. The number of phosphoric acid groups is 2. The van der Waals surface area contributed by atoms with Gasteiger partial charge < -0.3 is 33.8 Å². The van der Waals surface area contributed by atoms with E-state index in [1.807, 2.05) is 0 Å². The second kappa shape index (κ2) is 72.9. The summed E-state index contributed by atoms with van der Waals surface area (Å²) in [5.41, 5.74) is 0. The maximum Gasteiger partial charge on any atom is 0.472 e. The number of hydrogen-bond acceptors (Lipinski definition) is 15. The second-order valence-corrected chi connectivity index (χ2v) is 34.8. The molecule has 0 aliphatic heterocycles. The quantitative estimate of drug-likeness (QED) is 0.0222. The first kappa shape index (κ1) is 101. The summed E-state index contributed by atoms with van der Waals surface area (Å²) in [4.78, 5) is 73.1. The van der Waals surface area contributed by atoms with Gasteiger partial charge in [-0.2, -0.15) is 0 Å². The van der Waals surface area contributed by atoms with Crippen LogP contribution in [0.25, 0.3) is 0 Å². The van der Waals surface area contributed by atoms with Gasteiger partial charge in [-0.25, -0.2) is 9.13 Å². The third kappa shape index (κ3) is 76.6. The van der Waals surface area contributed by atoms with Crippen molar-refractivity contribution in [2.75, 3.05) is 39.6 Å². The Morgan fingerprint density at radius 3 is 0.689 bits per heavy atom. The third-order valence-corrected chi connectivity index (χ3v) is 21.8. The maximum atomic E-state index is 13.1. The molecule has 3 unspecified atom stereocenters. The van der Waals surface area contributed by atoms with E-state index in [-0.39, 0.29) is 25.7 Å². The Balaban J connectivity index is 5.23. The van der Waals surface area contributed by atoms with Gasteiger partial charge in [-0.15, -0.1) is 0 Å². The highest BCUT2D eigenvalue weighted by molar-refractivity contribution is 7.47.